The lowest BCUT2D eigenvalue weighted by Crippen LogP contribution is -2.20. The van der Waals surface area contributed by atoms with Crippen LogP contribution in [-0.4, -0.2) is 0 Å². The summed E-state index contributed by atoms with van der Waals surface area (Å²) in [5.74, 6) is 4.30. The molecule has 2 aliphatic rings. The molecule has 2 atom stereocenters. The van der Waals surface area contributed by atoms with Crippen molar-refractivity contribution in [1.29, 1.82) is 0 Å². The van der Waals surface area contributed by atoms with Crippen molar-refractivity contribution in [2.45, 2.75) is 65.2 Å². The standard InChI is InChI=1S/C14H26/c1-3-11(2)14(10-13-7-8-13)9-12-5-4-6-12/h11-14H,3-10H2,1-2H3. The zero-order valence-corrected chi connectivity index (χ0v) is 9.97. The zero-order chi connectivity index (χ0) is 9.97. The van der Waals surface area contributed by atoms with E-state index < -0.39 is 0 Å². The topological polar surface area (TPSA) is 0 Å². The summed E-state index contributed by atoms with van der Waals surface area (Å²) in [7, 11) is 0. The molecule has 2 rings (SSSR count). The molecule has 14 heavy (non-hydrogen) atoms. The normalized spacial score (nSPS) is 27.0. The van der Waals surface area contributed by atoms with E-state index in [4.69, 9.17) is 0 Å². The van der Waals surface area contributed by atoms with Crippen LogP contribution in [0.4, 0.5) is 0 Å². The maximum atomic E-state index is 2.48. The number of hydrogen-bond donors (Lipinski definition) is 0. The van der Waals surface area contributed by atoms with Gasteiger partial charge in [-0.25, -0.2) is 0 Å². The van der Waals surface area contributed by atoms with Crippen LogP contribution in [0, 0.1) is 23.7 Å². The van der Waals surface area contributed by atoms with Crippen molar-refractivity contribution in [2.24, 2.45) is 23.7 Å². The second-order valence-corrected chi connectivity index (χ2v) is 5.86. The molecule has 0 N–H and O–H groups in total. The van der Waals surface area contributed by atoms with E-state index in [9.17, 15) is 0 Å². The van der Waals surface area contributed by atoms with Crippen LogP contribution in [0.15, 0.2) is 0 Å². The maximum absolute atomic E-state index is 2.48. The van der Waals surface area contributed by atoms with E-state index in [-0.39, 0.29) is 0 Å². The van der Waals surface area contributed by atoms with E-state index in [0.717, 1.165) is 23.7 Å². The van der Waals surface area contributed by atoms with Crippen molar-refractivity contribution >= 4 is 0 Å². The largest absolute Gasteiger partial charge is 0.0651 e. The van der Waals surface area contributed by atoms with Gasteiger partial charge in [-0.15, -0.1) is 0 Å². The van der Waals surface area contributed by atoms with E-state index in [1.807, 2.05) is 0 Å². The van der Waals surface area contributed by atoms with Gasteiger partial charge in [-0.05, 0) is 36.5 Å². The highest BCUT2D eigenvalue weighted by molar-refractivity contribution is 4.82. The molecule has 0 aromatic carbocycles. The van der Waals surface area contributed by atoms with Crippen LogP contribution in [0.5, 0.6) is 0 Å². The van der Waals surface area contributed by atoms with Gasteiger partial charge in [-0.2, -0.15) is 0 Å². The molecule has 2 aliphatic carbocycles. The van der Waals surface area contributed by atoms with E-state index >= 15 is 0 Å². The van der Waals surface area contributed by atoms with Gasteiger partial charge in [0.1, 0.15) is 0 Å². The summed E-state index contributed by atoms with van der Waals surface area (Å²) >= 11 is 0. The first-order valence-corrected chi connectivity index (χ1v) is 6.79. The molecule has 0 heteroatoms. The summed E-state index contributed by atoms with van der Waals surface area (Å²) in [5, 5.41) is 0. The first-order valence-electron chi connectivity index (χ1n) is 6.79. The summed E-state index contributed by atoms with van der Waals surface area (Å²) < 4.78 is 0. The molecular weight excluding hydrogens is 168 g/mol. The molecular formula is C14H26. The summed E-state index contributed by atoms with van der Waals surface area (Å²) in [6.45, 7) is 4.84. The van der Waals surface area contributed by atoms with Crippen LogP contribution in [0.2, 0.25) is 0 Å². The number of hydrogen-bond acceptors (Lipinski definition) is 0. The van der Waals surface area contributed by atoms with Crippen LogP contribution in [0.25, 0.3) is 0 Å². The molecule has 0 amide bonds. The van der Waals surface area contributed by atoms with E-state index in [0.29, 0.717) is 0 Å². The minimum absolute atomic E-state index is 0.983. The van der Waals surface area contributed by atoms with Gasteiger partial charge in [-0.1, -0.05) is 52.4 Å². The fourth-order valence-corrected chi connectivity index (χ4v) is 2.83. The molecule has 0 aromatic heterocycles. The van der Waals surface area contributed by atoms with Gasteiger partial charge in [0.25, 0.3) is 0 Å². The van der Waals surface area contributed by atoms with Crippen LogP contribution in [0.3, 0.4) is 0 Å². The zero-order valence-electron chi connectivity index (χ0n) is 9.97. The Labute approximate surface area is 89.5 Å². The Kier molecular flexibility index (Phi) is 3.52. The van der Waals surface area contributed by atoms with Crippen LogP contribution in [-0.2, 0) is 0 Å². The van der Waals surface area contributed by atoms with Gasteiger partial charge in [0.05, 0.1) is 0 Å². The Balaban J connectivity index is 1.76. The molecule has 0 nitrogen and oxygen atoms in total. The quantitative estimate of drug-likeness (QED) is 0.578. The smallest absolute Gasteiger partial charge is 0.0383 e. The van der Waals surface area contributed by atoms with E-state index in [2.05, 4.69) is 13.8 Å². The highest BCUT2D eigenvalue weighted by Gasteiger charge is 2.30. The molecule has 0 aliphatic heterocycles. The molecule has 0 bridgehead atoms. The van der Waals surface area contributed by atoms with E-state index in [1.165, 1.54) is 38.5 Å². The second-order valence-electron chi connectivity index (χ2n) is 5.86. The SMILES string of the molecule is CCC(C)C(CC1CCC1)CC1CC1. The van der Waals surface area contributed by atoms with Crippen LogP contribution >= 0.6 is 0 Å². The Bertz CT molecular complexity index is 165. The lowest BCUT2D eigenvalue weighted by molar-refractivity contribution is 0.192. The van der Waals surface area contributed by atoms with Crippen molar-refractivity contribution < 1.29 is 0 Å². The second kappa shape index (κ2) is 4.68. The van der Waals surface area contributed by atoms with Gasteiger partial charge in [-0.3, -0.25) is 0 Å². The van der Waals surface area contributed by atoms with Crippen molar-refractivity contribution in [2.75, 3.05) is 0 Å². The summed E-state index contributed by atoms with van der Waals surface area (Å²) in [5.41, 5.74) is 0. The first kappa shape index (κ1) is 10.5. The Hall–Kier alpha value is 0. The third-order valence-electron chi connectivity index (χ3n) is 4.64. The first-order chi connectivity index (χ1) is 6.79. The molecule has 82 valence electrons. The molecule has 2 saturated carbocycles. The summed E-state index contributed by atoms with van der Waals surface area (Å²) in [6, 6.07) is 0. The fourth-order valence-electron chi connectivity index (χ4n) is 2.83. The van der Waals surface area contributed by atoms with Crippen molar-refractivity contribution in [3.63, 3.8) is 0 Å². The van der Waals surface area contributed by atoms with Crippen molar-refractivity contribution in [3.05, 3.63) is 0 Å². The third kappa shape index (κ3) is 2.74. The maximum Gasteiger partial charge on any atom is -0.0383 e. The molecule has 2 unspecified atom stereocenters. The molecule has 0 heterocycles. The Morgan fingerprint density at radius 2 is 1.57 bits per heavy atom. The average molecular weight is 194 g/mol. The van der Waals surface area contributed by atoms with Crippen LogP contribution < -0.4 is 0 Å². The van der Waals surface area contributed by atoms with Gasteiger partial charge in [0, 0.05) is 0 Å². The van der Waals surface area contributed by atoms with Gasteiger partial charge >= 0.3 is 0 Å². The molecule has 0 spiro atoms. The third-order valence-corrected chi connectivity index (χ3v) is 4.64. The molecule has 0 saturated heterocycles. The van der Waals surface area contributed by atoms with E-state index in [1.54, 1.807) is 12.8 Å². The highest BCUT2D eigenvalue weighted by atomic mass is 14.4. The lowest BCUT2D eigenvalue weighted by atomic mass is 9.73. The Morgan fingerprint density at radius 3 is 1.93 bits per heavy atom. The minimum atomic E-state index is 0.983. The van der Waals surface area contributed by atoms with Crippen molar-refractivity contribution in [3.8, 4) is 0 Å². The predicted molar refractivity (Wildman–Crippen MR) is 62.2 cm³/mol. The predicted octanol–water partition coefficient (Wildman–Crippen LogP) is 4.64. The highest BCUT2D eigenvalue weighted by Crippen LogP contribution is 2.43. The minimum Gasteiger partial charge on any atom is -0.0651 e. The van der Waals surface area contributed by atoms with Crippen molar-refractivity contribution in [1.82, 2.24) is 0 Å². The van der Waals surface area contributed by atoms with Crippen LogP contribution in [0.1, 0.15) is 65.2 Å². The van der Waals surface area contributed by atoms with Gasteiger partial charge in [0.15, 0.2) is 0 Å². The number of rotatable bonds is 6. The van der Waals surface area contributed by atoms with Gasteiger partial charge < -0.3 is 0 Å². The molecule has 2 fully saturated rings. The average Bonchev–Trinajstić information content (AvgIpc) is 2.91. The fraction of sp³-hybridized carbons (Fsp3) is 1.00. The molecule has 0 aromatic rings. The summed E-state index contributed by atoms with van der Waals surface area (Å²) in [6.07, 6.45) is 12.2. The Morgan fingerprint density at radius 1 is 1.00 bits per heavy atom. The van der Waals surface area contributed by atoms with Gasteiger partial charge in [0.2, 0.25) is 0 Å². The monoisotopic (exact) mass is 194 g/mol. The lowest BCUT2D eigenvalue weighted by Gasteiger charge is -2.32. The summed E-state index contributed by atoms with van der Waals surface area (Å²) in [4.78, 5) is 0. The molecule has 0 radical (unpaired) electrons.